The zero-order valence-electron chi connectivity index (χ0n) is 33.2. The number of hydrogen-bond donors (Lipinski definition) is 8. The summed E-state index contributed by atoms with van der Waals surface area (Å²) in [6, 6.07) is 5.60. The first-order valence-corrected chi connectivity index (χ1v) is 19.8. The molecule has 322 valence electrons. The minimum atomic E-state index is -1.64. The standard InChI is InChI=1S/C37H59BN8O12/c1-27(37(56)46-13-5-7-31(46)38(57)58)41-36(55)28-8-10-29(11-9-28)40-22-30(47)6-3-2-4-12-39-32(48)23-42-14-16-43(24-33(49)50)18-20-45(26-35(53)54)21-19-44(17-15-42)25-34(51)52/h8-11,27,31,40,57-58H,2-7,12-26H2,1H3,(H,39,48)(H,41,55)(H,49,50)(H,51,52)(H,53,54)/t27-,31+/m1/s1. The molecule has 0 aromatic heterocycles. The van der Waals surface area contributed by atoms with Crippen LogP contribution in [0.5, 0.6) is 0 Å². The number of nitrogens with one attached hydrogen (secondary N) is 3. The summed E-state index contributed by atoms with van der Waals surface area (Å²) >= 11 is 0. The molecule has 2 aliphatic heterocycles. The van der Waals surface area contributed by atoms with Gasteiger partial charge in [0, 0.05) is 83.1 Å². The number of anilines is 1. The highest BCUT2D eigenvalue weighted by Crippen LogP contribution is 2.19. The largest absolute Gasteiger partial charge is 0.480 e. The topological polar surface area (TPSA) is 273 Å². The van der Waals surface area contributed by atoms with Gasteiger partial charge in [-0.2, -0.15) is 0 Å². The first-order chi connectivity index (χ1) is 27.6. The number of Topliss-reactive ketones (excluding diaryl/α,β-unsaturated/α-hetero) is 1. The fourth-order valence-electron chi connectivity index (χ4n) is 6.89. The second kappa shape index (κ2) is 25.0. The van der Waals surface area contributed by atoms with Gasteiger partial charge in [-0.25, -0.2) is 0 Å². The van der Waals surface area contributed by atoms with Crippen LogP contribution < -0.4 is 16.0 Å². The third-order valence-corrected chi connectivity index (χ3v) is 10.1. The molecule has 0 spiro atoms. The van der Waals surface area contributed by atoms with Crippen LogP contribution in [0.15, 0.2) is 24.3 Å². The zero-order valence-corrected chi connectivity index (χ0v) is 33.2. The Hall–Kier alpha value is -4.67. The number of nitrogens with zero attached hydrogens (tertiary/aromatic N) is 5. The number of ketones is 1. The normalized spacial score (nSPS) is 18.3. The monoisotopic (exact) mass is 818 g/mol. The number of carboxylic acid groups (broad SMARTS) is 3. The number of rotatable bonds is 21. The molecule has 1 aromatic carbocycles. The number of aliphatic carboxylic acids is 3. The molecule has 2 fully saturated rings. The lowest BCUT2D eigenvalue weighted by molar-refractivity contribution is -0.140. The Labute approximate surface area is 338 Å². The minimum Gasteiger partial charge on any atom is -0.480 e. The molecule has 2 saturated heterocycles. The van der Waals surface area contributed by atoms with E-state index in [0.717, 1.165) is 0 Å². The fourth-order valence-corrected chi connectivity index (χ4v) is 6.89. The van der Waals surface area contributed by atoms with Crippen molar-refractivity contribution in [2.75, 3.05) is 103 Å². The molecule has 2 aliphatic rings. The van der Waals surface area contributed by atoms with Crippen molar-refractivity contribution in [2.24, 2.45) is 0 Å². The van der Waals surface area contributed by atoms with Crippen molar-refractivity contribution in [3.63, 3.8) is 0 Å². The number of likely N-dealkylation sites (tertiary alicyclic amines) is 1. The Balaban J connectivity index is 1.36. The maximum atomic E-state index is 12.9. The third-order valence-electron chi connectivity index (χ3n) is 10.1. The highest BCUT2D eigenvalue weighted by Gasteiger charge is 2.38. The molecule has 2 atom stereocenters. The fraction of sp³-hybridized carbons (Fsp3) is 0.649. The molecular formula is C37H59BN8O12. The van der Waals surface area contributed by atoms with Crippen molar-refractivity contribution < 1.29 is 58.9 Å². The Morgan fingerprint density at radius 2 is 1.21 bits per heavy atom. The van der Waals surface area contributed by atoms with E-state index < -0.39 is 42.9 Å². The van der Waals surface area contributed by atoms with E-state index in [1.54, 1.807) is 45.9 Å². The molecule has 0 aliphatic carbocycles. The van der Waals surface area contributed by atoms with E-state index in [1.807, 2.05) is 4.90 Å². The SMILES string of the molecule is C[C@@H](NC(=O)c1ccc(NCC(=O)CCCCCNC(=O)CN2CCN(CC(=O)O)CCN(CC(=O)O)CCN(CC(=O)O)CC2)cc1)C(=O)N1CCC[C@H]1B(O)O. The van der Waals surface area contributed by atoms with Crippen LogP contribution in [0.25, 0.3) is 0 Å². The Bertz CT molecular complexity index is 1510. The molecule has 8 N–H and O–H groups in total. The Kier molecular flexibility index (Phi) is 20.5. The van der Waals surface area contributed by atoms with Gasteiger partial charge in [-0.3, -0.25) is 53.2 Å². The third kappa shape index (κ3) is 17.9. The number of amides is 3. The highest BCUT2D eigenvalue weighted by molar-refractivity contribution is 6.43. The number of carboxylic acids is 3. The van der Waals surface area contributed by atoms with E-state index >= 15 is 0 Å². The predicted molar refractivity (Wildman–Crippen MR) is 212 cm³/mol. The summed E-state index contributed by atoms with van der Waals surface area (Å²) < 4.78 is 0. The molecule has 0 saturated carbocycles. The molecule has 1 aromatic rings. The number of carbonyl (C=O) groups excluding carboxylic acids is 4. The quantitative estimate of drug-likeness (QED) is 0.0490. The lowest BCUT2D eigenvalue weighted by Crippen LogP contribution is -2.52. The molecule has 0 bridgehead atoms. The molecule has 2 heterocycles. The van der Waals surface area contributed by atoms with Crippen LogP contribution in [0.4, 0.5) is 5.69 Å². The number of unbranched alkanes of at least 4 members (excludes halogenated alkanes) is 2. The van der Waals surface area contributed by atoms with Gasteiger partial charge in [0.1, 0.15) is 6.04 Å². The summed E-state index contributed by atoms with van der Waals surface area (Å²) in [4.78, 5) is 93.6. The molecular weight excluding hydrogens is 759 g/mol. The predicted octanol–water partition coefficient (Wildman–Crippen LogP) is -2.06. The van der Waals surface area contributed by atoms with Crippen molar-refractivity contribution in [3.8, 4) is 0 Å². The number of benzene rings is 1. The van der Waals surface area contributed by atoms with Crippen LogP contribution in [0.1, 0.15) is 55.8 Å². The summed E-state index contributed by atoms with van der Waals surface area (Å²) in [5.74, 6) is -4.87. The van der Waals surface area contributed by atoms with Crippen molar-refractivity contribution in [1.82, 2.24) is 35.1 Å². The summed E-state index contributed by atoms with van der Waals surface area (Å²) in [5.41, 5.74) is 0.956. The Morgan fingerprint density at radius 1 is 0.707 bits per heavy atom. The lowest BCUT2D eigenvalue weighted by atomic mass is 9.78. The Morgan fingerprint density at radius 3 is 1.69 bits per heavy atom. The first-order valence-electron chi connectivity index (χ1n) is 19.8. The lowest BCUT2D eigenvalue weighted by Gasteiger charge is -2.32. The summed E-state index contributed by atoms with van der Waals surface area (Å²) in [5, 5.41) is 55.8. The van der Waals surface area contributed by atoms with E-state index in [0.29, 0.717) is 89.0 Å². The van der Waals surface area contributed by atoms with Crippen LogP contribution >= 0.6 is 0 Å². The van der Waals surface area contributed by atoms with Gasteiger partial charge >= 0.3 is 25.0 Å². The average molecular weight is 819 g/mol. The van der Waals surface area contributed by atoms with Crippen LogP contribution in [-0.4, -0.2) is 209 Å². The van der Waals surface area contributed by atoms with E-state index in [4.69, 9.17) is 0 Å². The van der Waals surface area contributed by atoms with Crippen LogP contribution in [0, 0.1) is 0 Å². The number of carbonyl (C=O) groups is 7. The summed E-state index contributed by atoms with van der Waals surface area (Å²) in [6.45, 7) is 4.16. The second-order valence-corrected chi connectivity index (χ2v) is 14.8. The van der Waals surface area contributed by atoms with Gasteiger partial charge in [0.05, 0.1) is 38.7 Å². The molecule has 58 heavy (non-hydrogen) atoms. The van der Waals surface area contributed by atoms with Gasteiger partial charge < -0.3 is 46.2 Å². The van der Waals surface area contributed by atoms with E-state index in [2.05, 4.69) is 16.0 Å². The van der Waals surface area contributed by atoms with Crippen molar-refractivity contribution >= 4 is 54.2 Å². The molecule has 21 heteroatoms. The average Bonchev–Trinajstić information content (AvgIpc) is 3.66. The number of hydrogen-bond acceptors (Lipinski definition) is 14. The van der Waals surface area contributed by atoms with Crippen molar-refractivity contribution in [3.05, 3.63) is 29.8 Å². The van der Waals surface area contributed by atoms with Gasteiger partial charge in [0.15, 0.2) is 5.78 Å². The smallest absolute Gasteiger partial charge is 0.475 e. The summed E-state index contributed by atoms with van der Waals surface area (Å²) in [6.07, 6.45) is 3.43. The van der Waals surface area contributed by atoms with Crippen LogP contribution in [-0.2, 0) is 28.8 Å². The van der Waals surface area contributed by atoms with Gasteiger partial charge in [0.25, 0.3) is 5.91 Å². The minimum absolute atomic E-state index is 0.00909. The van der Waals surface area contributed by atoms with Crippen LogP contribution in [0.3, 0.4) is 0 Å². The van der Waals surface area contributed by atoms with Crippen molar-refractivity contribution in [2.45, 2.75) is 57.4 Å². The van der Waals surface area contributed by atoms with E-state index in [1.165, 1.54) is 4.90 Å². The van der Waals surface area contributed by atoms with E-state index in [9.17, 15) is 58.9 Å². The maximum Gasteiger partial charge on any atom is 0.475 e. The maximum absolute atomic E-state index is 12.9. The van der Waals surface area contributed by atoms with Gasteiger partial charge in [-0.15, -0.1) is 0 Å². The molecule has 3 amide bonds. The molecule has 20 nitrogen and oxygen atoms in total. The molecule has 0 unspecified atom stereocenters. The highest BCUT2D eigenvalue weighted by atomic mass is 16.4. The molecule has 0 radical (unpaired) electrons. The zero-order chi connectivity index (χ0) is 42.6. The second-order valence-electron chi connectivity index (χ2n) is 14.8. The van der Waals surface area contributed by atoms with Crippen molar-refractivity contribution in [1.29, 1.82) is 0 Å². The van der Waals surface area contributed by atoms with Gasteiger partial charge in [0.2, 0.25) is 11.8 Å². The summed E-state index contributed by atoms with van der Waals surface area (Å²) in [7, 11) is -1.64. The van der Waals surface area contributed by atoms with Crippen LogP contribution in [0.2, 0.25) is 0 Å². The van der Waals surface area contributed by atoms with Gasteiger partial charge in [-0.1, -0.05) is 6.42 Å². The first kappa shape index (κ1) is 47.7. The van der Waals surface area contributed by atoms with Gasteiger partial charge in [-0.05, 0) is 56.9 Å². The van der Waals surface area contributed by atoms with E-state index in [-0.39, 0.29) is 76.5 Å². The molecule has 3 rings (SSSR count).